The third kappa shape index (κ3) is 23.4. The fourth-order valence-corrected chi connectivity index (χ4v) is 3.89. The maximum Gasteiger partial charge on any atom is 0.481 e. The highest BCUT2D eigenvalue weighted by molar-refractivity contribution is 7.60. The Morgan fingerprint density at radius 3 is 1.59 bits per heavy atom. The van der Waals surface area contributed by atoms with Gasteiger partial charge in [-0.05, 0) is 51.4 Å². The van der Waals surface area contributed by atoms with E-state index < -0.39 is 15.6 Å². The first-order valence-electron chi connectivity index (χ1n) is 10.1. The molecule has 1 atom stereocenters. The molecule has 0 saturated heterocycles. The largest absolute Gasteiger partial charge is 0.481 e. The first-order chi connectivity index (χ1) is 13.8. The van der Waals surface area contributed by atoms with Gasteiger partial charge in [-0.1, -0.05) is 68.4 Å². The van der Waals surface area contributed by atoms with Gasteiger partial charge in [-0.2, -0.15) is 4.31 Å². The van der Waals surface area contributed by atoms with Gasteiger partial charge in [0.15, 0.2) is 0 Å². The molecule has 1 unspecified atom stereocenters. The van der Waals surface area contributed by atoms with Crippen molar-refractivity contribution < 1.29 is 32.6 Å². The van der Waals surface area contributed by atoms with Crippen LogP contribution in [0.25, 0.3) is 0 Å². The SMILES string of the molecule is CCCCC/C=C\C/C=C\C/C=C\C/C=C\CCCCOP(=O)(O)OP(=O)(O)O. The molecule has 0 radical (unpaired) electrons. The van der Waals surface area contributed by atoms with Crippen LogP contribution in [0.3, 0.4) is 0 Å². The van der Waals surface area contributed by atoms with Gasteiger partial charge < -0.3 is 14.7 Å². The van der Waals surface area contributed by atoms with Crippen molar-refractivity contribution in [2.45, 2.75) is 71.1 Å². The number of hydrogen-bond donors (Lipinski definition) is 3. The molecule has 9 heteroatoms. The Balaban J connectivity index is 3.59. The highest BCUT2D eigenvalue weighted by Crippen LogP contribution is 2.57. The van der Waals surface area contributed by atoms with Crippen molar-refractivity contribution in [3.63, 3.8) is 0 Å². The van der Waals surface area contributed by atoms with E-state index in [4.69, 9.17) is 14.7 Å². The predicted molar refractivity (Wildman–Crippen MR) is 117 cm³/mol. The molecule has 0 aromatic rings. The fraction of sp³-hybridized carbons (Fsp3) is 0.600. The topological polar surface area (TPSA) is 113 Å². The Morgan fingerprint density at radius 1 is 0.690 bits per heavy atom. The van der Waals surface area contributed by atoms with Crippen molar-refractivity contribution in [3.8, 4) is 0 Å². The number of allylic oxidation sites excluding steroid dienone is 8. The minimum atomic E-state index is -5.05. The Morgan fingerprint density at radius 2 is 1.14 bits per heavy atom. The standard InChI is InChI=1S/C20H36O7P2/c1-2-3-4-5-6-7-8-9-10-11-12-13-14-15-16-17-18-19-20-26-29(24,25)27-28(21,22)23/h6-7,9-10,12-13,15-16H,2-5,8,11,14,17-20H2,1H3,(H,24,25)(H2,21,22,23)/b7-6-,10-9-,13-12-,16-15-. The quantitative estimate of drug-likeness (QED) is 0.126. The maximum atomic E-state index is 11.2. The summed E-state index contributed by atoms with van der Waals surface area (Å²) in [6.07, 6.45) is 26.9. The zero-order chi connectivity index (χ0) is 21.8. The molecule has 0 heterocycles. The van der Waals surface area contributed by atoms with Crippen molar-refractivity contribution in [1.29, 1.82) is 0 Å². The first-order valence-corrected chi connectivity index (χ1v) is 13.1. The van der Waals surface area contributed by atoms with Crippen LogP contribution in [0.5, 0.6) is 0 Å². The first kappa shape index (κ1) is 28.2. The highest BCUT2D eigenvalue weighted by Gasteiger charge is 2.31. The molecule has 0 fully saturated rings. The maximum absolute atomic E-state index is 11.2. The van der Waals surface area contributed by atoms with Crippen molar-refractivity contribution in [1.82, 2.24) is 0 Å². The fourth-order valence-electron chi connectivity index (χ4n) is 2.26. The monoisotopic (exact) mass is 450 g/mol. The molecule has 7 nitrogen and oxygen atoms in total. The average Bonchev–Trinajstić information content (AvgIpc) is 2.61. The molecule has 0 aliphatic heterocycles. The van der Waals surface area contributed by atoms with Gasteiger partial charge in [0.2, 0.25) is 0 Å². The van der Waals surface area contributed by atoms with Crippen LogP contribution in [-0.2, 0) is 18.0 Å². The van der Waals surface area contributed by atoms with Gasteiger partial charge in [0, 0.05) is 0 Å². The van der Waals surface area contributed by atoms with Crippen LogP contribution in [0.1, 0.15) is 71.1 Å². The molecule has 0 spiro atoms. The zero-order valence-corrected chi connectivity index (χ0v) is 19.1. The number of unbranched alkanes of at least 4 members (excludes halogenated alkanes) is 5. The summed E-state index contributed by atoms with van der Waals surface area (Å²) < 4.78 is 29.9. The third-order valence-corrected chi connectivity index (χ3v) is 5.87. The Hall–Kier alpha value is -0.780. The number of phosphoric acid groups is 2. The van der Waals surface area contributed by atoms with Crippen LogP contribution in [0.2, 0.25) is 0 Å². The Kier molecular flexibility index (Phi) is 17.5. The Labute approximate surface area is 175 Å². The van der Waals surface area contributed by atoms with Crippen molar-refractivity contribution >= 4 is 15.6 Å². The van der Waals surface area contributed by atoms with E-state index >= 15 is 0 Å². The summed E-state index contributed by atoms with van der Waals surface area (Å²) in [6.45, 7) is 2.10. The van der Waals surface area contributed by atoms with Crippen LogP contribution in [0.15, 0.2) is 48.6 Å². The number of rotatable bonds is 18. The number of hydrogen-bond acceptors (Lipinski definition) is 4. The van der Waals surface area contributed by atoms with Crippen LogP contribution in [0.4, 0.5) is 0 Å². The van der Waals surface area contributed by atoms with E-state index in [9.17, 15) is 9.13 Å². The van der Waals surface area contributed by atoms with Gasteiger partial charge in [0.05, 0.1) is 6.61 Å². The van der Waals surface area contributed by atoms with Crippen LogP contribution in [-0.4, -0.2) is 21.3 Å². The second kappa shape index (κ2) is 18.0. The normalized spacial score (nSPS) is 15.3. The molecule has 168 valence electrons. The van der Waals surface area contributed by atoms with Gasteiger partial charge in [0.1, 0.15) is 0 Å². The minimum absolute atomic E-state index is 0.109. The lowest BCUT2D eigenvalue weighted by molar-refractivity contribution is 0.176. The van der Waals surface area contributed by atoms with Crippen LogP contribution in [0, 0.1) is 0 Å². The molecule has 0 aromatic heterocycles. The summed E-state index contributed by atoms with van der Waals surface area (Å²) in [7, 11) is -9.75. The molecule has 0 amide bonds. The minimum Gasteiger partial charge on any atom is -0.302 e. The van der Waals surface area contributed by atoms with Gasteiger partial charge in [-0.25, -0.2) is 9.13 Å². The van der Waals surface area contributed by atoms with E-state index in [1.54, 1.807) is 0 Å². The van der Waals surface area contributed by atoms with E-state index in [0.717, 1.165) is 32.1 Å². The molecule has 0 bridgehead atoms. The molecular formula is C20H36O7P2. The van der Waals surface area contributed by atoms with Gasteiger partial charge in [0.25, 0.3) is 0 Å². The van der Waals surface area contributed by atoms with E-state index in [1.807, 2.05) is 12.2 Å². The highest BCUT2D eigenvalue weighted by atomic mass is 31.3. The Bertz CT molecular complexity index is 606. The van der Waals surface area contributed by atoms with Crippen molar-refractivity contribution in [2.24, 2.45) is 0 Å². The number of phosphoric ester groups is 1. The summed E-state index contributed by atoms with van der Waals surface area (Å²) in [5, 5.41) is 0. The lowest BCUT2D eigenvalue weighted by Crippen LogP contribution is -1.96. The molecule has 0 aliphatic carbocycles. The smallest absolute Gasteiger partial charge is 0.302 e. The van der Waals surface area contributed by atoms with E-state index in [2.05, 4.69) is 52.2 Å². The molecule has 0 rings (SSSR count). The molecule has 0 saturated carbocycles. The third-order valence-electron chi connectivity index (χ3n) is 3.69. The van der Waals surface area contributed by atoms with Gasteiger partial charge in [-0.15, -0.1) is 0 Å². The lowest BCUT2D eigenvalue weighted by Gasteiger charge is -2.11. The van der Waals surface area contributed by atoms with Gasteiger partial charge >= 0.3 is 15.6 Å². The lowest BCUT2D eigenvalue weighted by atomic mass is 10.2. The molecular weight excluding hydrogens is 414 g/mol. The molecule has 0 aromatic carbocycles. The zero-order valence-electron chi connectivity index (χ0n) is 17.3. The average molecular weight is 450 g/mol. The van der Waals surface area contributed by atoms with E-state index in [0.29, 0.717) is 6.42 Å². The summed E-state index contributed by atoms with van der Waals surface area (Å²) in [6, 6.07) is 0. The summed E-state index contributed by atoms with van der Waals surface area (Å²) in [5.74, 6) is 0. The van der Waals surface area contributed by atoms with E-state index in [-0.39, 0.29) is 6.61 Å². The summed E-state index contributed by atoms with van der Waals surface area (Å²) in [5.41, 5.74) is 0. The summed E-state index contributed by atoms with van der Waals surface area (Å²) in [4.78, 5) is 26.0. The second-order valence-corrected chi connectivity index (χ2v) is 9.29. The molecule has 3 N–H and O–H groups in total. The van der Waals surface area contributed by atoms with Crippen molar-refractivity contribution in [2.75, 3.05) is 6.61 Å². The van der Waals surface area contributed by atoms with Crippen LogP contribution < -0.4 is 0 Å². The van der Waals surface area contributed by atoms with Gasteiger partial charge in [-0.3, -0.25) is 4.52 Å². The second-order valence-electron chi connectivity index (χ2n) is 6.46. The van der Waals surface area contributed by atoms with E-state index in [1.165, 1.54) is 25.7 Å². The predicted octanol–water partition coefficient (Wildman–Crippen LogP) is 6.36. The molecule has 29 heavy (non-hydrogen) atoms. The van der Waals surface area contributed by atoms with Crippen molar-refractivity contribution in [3.05, 3.63) is 48.6 Å². The molecule has 0 aliphatic rings. The summed E-state index contributed by atoms with van der Waals surface area (Å²) >= 11 is 0. The van der Waals surface area contributed by atoms with Crippen LogP contribution >= 0.6 is 15.6 Å².